The average Bonchev–Trinajstić information content (AvgIpc) is 3.13. The zero-order chi connectivity index (χ0) is 21.8. The van der Waals surface area contributed by atoms with Crippen LogP contribution in [-0.2, 0) is 26.1 Å². The number of rotatable bonds is 8. The number of carbonyl (C=O) groups excluding carboxylic acids is 2. The van der Waals surface area contributed by atoms with E-state index >= 15 is 0 Å². The smallest absolute Gasteiger partial charge is 0.340 e. The molecule has 29 heavy (non-hydrogen) atoms. The number of amides is 1. The maximum atomic E-state index is 12.4. The van der Waals surface area contributed by atoms with Gasteiger partial charge in [0.1, 0.15) is 0 Å². The van der Waals surface area contributed by atoms with Gasteiger partial charge in [0.2, 0.25) is 26.2 Å². The Balaban J connectivity index is 2.23. The summed E-state index contributed by atoms with van der Waals surface area (Å²) in [6.07, 6.45) is 3.81. The van der Waals surface area contributed by atoms with Crippen molar-refractivity contribution in [1.82, 2.24) is 14.8 Å². The van der Waals surface area contributed by atoms with Gasteiger partial charge < -0.3 is 9.30 Å². The summed E-state index contributed by atoms with van der Waals surface area (Å²) in [5.74, 6) is -0.941. The lowest BCUT2D eigenvalue weighted by Crippen LogP contribution is -2.09. The summed E-state index contributed by atoms with van der Waals surface area (Å²) in [6.45, 7) is 8.31. The van der Waals surface area contributed by atoms with Crippen molar-refractivity contribution in [1.29, 1.82) is 0 Å². The molecule has 1 amide bonds. The fourth-order valence-corrected chi connectivity index (χ4v) is 4.30. The second kappa shape index (κ2) is 9.18. The van der Waals surface area contributed by atoms with Gasteiger partial charge in [-0.05, 0) is 33.8 Å². The molecule has 0 atom stereocenters. The first kappa shape index (κ1) is 22.6. The zero-order valence-corrected chi connectivity index (χ0v) is 18.4. The van der Waals surface area contributed by atoms with Gasteiger partial charge in [-0.1, -0.05) is 11.3 Å². The van der Waals surface area contributed by atoms with Crippen molar-refractivity contribution in [2.24, 2.45) is 0 Å². The molecule has 0 aliphatic heterocycles. The van der Waals surface area contributed by atoms with Gasteiger partial charge in [0, 0.05) is 29.6 Å². The highest BCUT2D eigenvalue weighted by molar-refractivity contribution is 7.92. The Labute approximate surface area is 173 Å². The second-order valence-corrected chi connectivity index (χ2v) is 8.76. The van der Waals surface area contributed by atoms with E-state index < -0.39 is 21.9 Å². The van der Waals surface area contributed by atoms with E-state index in [0.29, 0.717) is 17.7 Å². The highest BCUT2D eigenvalue weighted by atomic mass is 32.2. The van der Waals surface area contributed by atoms with Crippen molar-refractivity contribution in [3.63, 3.8) is 0 Å². The van der Waals surface area contributed by atoms with Gasteiger partial charge in [0.25, 0.3) is 0 Å². The molecule has 0 bridgehead atoms. The summed E-state index contributed by atoms with van der Waals surface area (Å²) in [5, 5.41) is 10.0. The second-order valence-electron chi connectivity index (χ2n) is 6.03. The molecular weight excluding hydrogens is 418 g/mol. The number of nitrogens with zero attached hydrogens (tertiary/aromatic N) is 3. The van der Waals surface area contributed by atoms with Gasteiger partial charge in [-0.2, -0.15) is 0 Å². The average molecular weight is 442 g/mol. The molecule has 0 aromatic carbocycles. The number of hydrogen-bond donors (Lipinski definition) is 2. The molecule has 2 aromatic heterocycles. The highest BCUT2D eigenvalue weighted by Gasteiger charge is 2.22. The molecule has 0 radical (unpaired) electrons. The summed E-state index contributed by atoms with van der Waals surface area (Å²) in [6, 6.07) is 0. The lowest BCUT2D eigenvalue weighted by molar-refractivity contribution is -0.111. The molecule has 2 rings (SSSR count). The molecule has 0 aliphatic carbocycles. The standard InChI is InChI=1S/C17H23N5O5S2/c1-6-22-10(3)12(14(11(22)4)15(24)27-7-2)8-9-13(23)18-16-19-20-17(28-16)21-29(5,25)26/h8-9H,6-7H2,1-5H3,(H,20,21)(H,18,19,23). The lowest BCUT2D eigenvalue weighted by Gasteiger charge is -2.05. The van der Waals surface area contributed by atoms with Crippen LogP contribution in [0.2, 0.25) is 0 Å². The third kappa shape index (κ3) is 5.64. The number of carbonyl (C=O) groups is 2. The number of esters is 1. The highest BCUT2D eigenvalue weighted by Crippen LogP contribution is 2.25. The number of hydrogen-bond acceptors (Lipinski definition) is 8. The van der Waals surface area contributed by atoms with Crippen molar-refractivity contribution in [3.05, 3.63) is 28.6 Å². The molecule has 10 nitrogen and oxygen atoms in total. The van der Waals surface area contributed by atoms with Crippen LogP contribution in [-0.4, -0.2) is 47.9 Å². The largest absolute Gasteiger partial charge is 0.462 e. The van der Waals surface area contributed by atoms with Crippen molar-refractivity contribution < 1.29 is 22.7 Å². The monoisotopic (exact) mass is 441 g/mol. The van der Waals surface area contributed by atoms with Crippen LogP contribution in [0.25, 0.3) is 6.08 Å². The van der Waals surface area contributed by atoms with Crippen molar-refractivity contribution in [2.75, 3.05) is 22.9 Å². The van der Waals surface area contributed by atoms with Crippen molar-refractivity contribution in [3.8, 4) is 0 Å². The van der Waals surface area contributed by atoms with E-state index in [1.54, 1.807) is 13.0 Å². The fraction of sp³-hybridized carbons (Fsp3) is 0.412. The quantitative estimate of drug-likeness (QED) is 0.474. The van der Waals surface area contributed by atoms with Crippen LogP contribution in [0.5, 0.6) is 0 Å². The lowest BCUT2D eigenvalue weighted by atomic mass is 10.1. The molecular formula is C17H23N5O5S2. The van der Waals surface area contributed by atoms with Gasteiger partial charge >= 0.3 is 5.97 Å². The maximum Gasteiger partial charge on any atom is 0.340 e. The topological polar surface area (TPSA) is 132 Å². The van der Waals surface area contributed by atoms with Crippen LogP contribution in [0.1, 0.15) is 41.2 Å². The van der Waals surface area contributed by atoms with Crippen LogP contribution >= 0.6 is 11.3 Å². The molecule has 2 heterocycles. The Morgan fingerprint density at radius 1 is 1.17 bits per heavy atom. The molecule has 2 N–H and O–H groups in total. The number of anilines is 2. The van der Waals surface area contributed by atoms with E-state index in [-0.39, 0.29) is 16.9 Å². The van der Waals surface area contributed by atoms with Gasteiger partial charge in [0.15, 0.2) is 0 Å². The Morgan fingerprint density at radius 2 is 1.83 bits per heavy atom. The first-order chi connectivity index (χ1) is 13.6. The number of nitrogens with one attached hydrogen (secondary N) is 2. The molecule has 0 fully saturated rings. The van der Waals surface area contributed by atoms with Crippen LogP contribution < -0.4 is 10.0 Å². The maximum absolute atomic E-state index is 12.4. The molecule has 0 unspecified atom stereocenters. The molecule has 0 spiro atoms. The Bertz CT molecular complexity index is 1050. The molecule has 12 heteroatoms. The molecule has 158 valence electrons. The van der Waals surface area contributed by atoms with Gasteiger partial charge in [-0.25, -0.2) is 13.2 Å². The van der Waals surface area contributed by atoms with Crippen LogP contribution in [0.4, 0.5) is 10.3 Å². The van der Waals surface area contributed by atoms with E-state index in [1.165, 1.54) is 6.08 Å². The first-order valence-electron chi connectivity index (χ1n) is 8.74. The van der Waals surface area contributed by atoms with Crippen LogP contribution in [0, 0.1) is 13.8 Å². The summed E-state index contributed by atoms with van der Waals surface area (Å²) in [4.78, 5) is 24.6. The summed E-state index contributed by atoms with van der Waals surface area (Å²) in [7, 11) is -3.48. The normalized spacial score (nSPS) is 11.6. The van der Waals surface area contributed by atoms with Crippen LogP contribution in [0.3, 0.4) is 0 Å². The summed E-state index contributed by atoms with van der Waals surface area (Å²) < 4.78 is 31.7. The zero-order valence-electron chi connectivity index (χ0n) is 16.8. The summed E-state index contributed by atoms with van der Waals surface area (Å²) >= 11 is 0.881. The van der Waals surface area contributed by atoms with E-state index in [0.717, 1.165) is 29.0 Å². The van der Waals surface area contributed by atoms with Crippen molar-refractivity contribution >= 4 is 49.6 Å². The minimum Gasteiger partial charge on any atom is -0.462 e. The minimum absolute atomic E-state index is 0.0443. The summed E-state index contributed by atoms with van der Waals surface area (Å²) in [5.41, 5.74) is 2.64. The van der Waals surface area contributed by atoms with Crippen LogP contribution in [0.15, 0.2) is 6.08 Å². The number of aromatic nitrogens is 3. The van der Waals surface area contributed by atoms with Gasteiger partial charge in [-0.3, -0.25) is 14.8 Å². The predicted octanol–water partition coefficient (Wildman–Crippen LogP) is 2.18. The number of ether oxygens (including phenoxy) is 1. The van der Waals surface area contributed by atoms with Gasteiger partial charge in [-0.15, -0.1) is 10.2 Å². The van der Waals surface area contributed by atoms with E-state index in [9.17, 15) is 18.0 Å². The Kier molecular flexibility index (Phi) is 7.14. The first-order valence-corrected chi connectivity index (χ1v) is 11.4. The third-order valence-corrected chi connectivity index (χ3v) is 5.40. The Morgan fingerprint density at radius 3 is 2.41 bits per heavy atom. The van der Waals surface area contributed by atoms with Gasteiger partial charge in [0.05, 0.1) is 18.4 Å². The van der Waals surface area contributed by atoms with E-state index in [4.69, 9.17) is 4.74 Å². The molecule has 2 aromatic rings. The SMILES string of the molecule is CCOC(=O)c1c(C=CC(=O)Nc2nnc(NS(C)(=O)=O)s2)c(C)n(CC)c1C. The molecule has 0 saturated carbocycles. The molecule has 0 aliphatic rings. The third-order valence-electron chi connectivity index (χ3n) is 3.96. The van der Waals surface area contributed by atoms with Crippen molar-refractivity contribution in [2.45, 2.75) is 34.2 Å². The Hall–Kier alpha value is -2.73. The predicted molar refractivity (Wildman–Crippen MR) is 112 cm³/mol. The minimum atomic E-state index is -3.48. The fourth-order valence-electron chi connectivity index (χ4n) is 2.83. The van der Waals surface area contributed by atoms with E-state index in [2.05, 4.69) is 20.2 Å². The number of sulfonamides is 1. The van der Waals surface area contributed by atoms with E-state index in [1.807, 2.05) is 25.3 Å². The molecule has 0 saturated heterocycles.